The predicted molar refractivity (Wildman–Crippen MR) is 165 cm³/mol. The number of rotatable bonds is 13. The quantitative estimate of drug-likeness (QED) is 0.223. The summed E-state index contributed by atoms with van der Waals surface area (Å²) in [7, 11) is 4.07. The van der Waals surface area contributed by atoms with Crippen LogP contribution in [0.15, 0.2) is 78.9 Å². The molecular formula is C33H43F3N4O3. The first-order valence-corrected chi connectivity index (χ1v) is 14.3. The lowest BCUT2D eigenvalue weighted by atomic mass is 10.0. The Morgan fingerprint density at radius 1 is 0.837 bits per heavy atom. The molecular weight excluding hydrogens is 557 g/mol. The van der Waals surface area contributed by atoms with E-state index in [-0.39, 0.29) is 6.03 Å². The Balaban J connectivity index is 0.000000821. The van der Waals surface area contributed by atoms with Crippen LogP contribution in [-0.2, 0) is 24.3 Å². The molecule has 0 saturated heterocycles. The van der Waals surface area contributed by atoms with Crippen molar-refractivity contribution in [2.45, 2.75) is 39.5 Å². The molecule has 3 rings (SSSR count). The molecule has 0 bridgehead atoms. The second-order valence-electron chi connectivity index (χ2n) is 10.9. The standard InChI is InChI=1S/C31H42N4O.C2HF3O2/c1-25(2)22-32-23-27-12-8-14-29(20-27)30-15-9-13-28(21-30)24-35(19-18-34(3)4)31(36)33-17-16-26-10-6-5-7-11-26;3-2(4,5)1(6)7/h5-15,20-21,25,32H,16-19,22-24H2,1-4H3,(H,33,36);(H,6,7). The number of likely N-dealkylation sites (N-methyl/N-ethyl adjacent to an activating group) is 1. The molecule has 0 atom stereocenters. The Kier molecular flexibility index (Phi) is 14.7. The monoisotopic (exact) mass is 600 g/mol. The van der Waals surface area contributed by atoms with E-state index >= 15 is 0 Å². The van der Waals surface area contributed by atoms with Crippen LogP contribution in [0.3, 0.4) is 0 Å². The van der Waals surface area contributed by atoms with Crippen LogP contribution in [0.5, 0.6) is 0 Å². The van der Waals surface area contributed by atoms with Crippen molar-refractivity contribution in [2.75, 3.05) is 40.3 Å². The highest BCUT2D eigenvalue weighted by atomic mass is 19.4. The zero-order valence-electron chi connectivity index (χ0n) is 25.3. The van der Waals surface area contributed by atoms with Gasteiger partial charge in [-0.15, -0.1) is 0 Å². The first-order valence-electron chi connectivity index (χ1n) is 14.3. The largest absolute Gasteiger partial charge is 0.490 e. The van der Waals surface area contributed by atoms with Gasteiger partial charge in [0.2, 0.25) is 0 Å². The van der Waals surface area contributed by atoms with E-state index in [0.717, 1.165) is 31.6 Å². The van der Waals surface area contributed by atoms with Crippen molar-refractivity contribution in [1.29, 1.82) is 0 Å². The Labute approximate surface area is 252 Å². The molecule has 0 fully saturated rings. The van der Waals surface area contributed by atoms with Crippen LogP contribution in [0.25, 0.3) is 11.1 Å². The van der Waals surface area contributed by atoms with Gasteiger partial charge in [0.05, 0.1) is 0 Å². The highest BCUT2D eigenvalue weighted by molar-refractivity contribution is 5.74. The van der Waals surface area contributed by atoms with Crippen LogP contribution in [0.1, 0.15) is 30.5 Å². The lowest BCUT2D eigenvalue weighted by Gasteiger charge is -2.25. The number of alkyl halides is 3. The smallest absolute Gasteiger partial charge is 0.475 e. The second kappa shape index (κ2) is 17.9. The number of hydrogen-bond donors (Lipinski definition) is 3. The van der Waals surface area contributed by atoms with Gasteiger partial charge in [-0.2, -0.15) is 13.2 Å². The third kappa shape index (κ3) is 14.2. The van der Waals surface area contributed by atoms with Crippen LogP contribution in [0.4, 0.5) is 18.0 Å². The number of amides is 2. The summed E-state index contributed by atoms with van der Waals surface area (Å²) in [6, 6.07) is 27.5. The molecule has 0 aliphatic rings. The predicted octanol–water partition coefficient (Wildman–Crippen LogP) is 6.05. The van der Waals surface area contributed by atoms with Crippen LogP contribution < -0.4 is 10.6 Å². The van der Waals surface area contributed by atoms with E-state index in [2.05, 4.69) is 90.0 Å². The lowest BCUT2D eigenvalue weighted by molar-refractivity contribution is -0.192. The number of carbonyl (C=O) groups excluding carboxylic acids is 1. The Hall–Kier alpha value is -3.89. The van der Waals surface area contributed by atoms with E-state index in [4.69, 9.17) is 9.90 Å². The van der Waals surface area contributed by atoms with E-state index in [1.54, 1.807) is 0 Å². The summed E-state index contributed by atoms with van der Waals surface area (Å²) >= 11 is 0. The SMILES string of the molecule is CC(C)CNCc1cccc(-c2cccc(CN(CCN(C)C)C(=O)NCCc3ccccc3)c2)c1.O=C(O)C(F)(F)F. The fourth-order valence-corrected chi connectivity index (χ4v) is 4.08. The number of hydrogen-bond acceptors (Lipinski definition) is 4. The molecule has 3 aromatic rings. The Morgan fingerprint density at radius 2 is 1.40 bits per heavy atom. The van der Waals surface area contributed by atoms with Gasteiger partial charge in [0.1, 0.15) is 0 Å². The minimum absolute atomic E-state index is 0.0172. The molecule has 7 nitrogen and oxygen atoms in total. The van der Waals surface area contributed by atoms with E-state index in [0.29, 0.717) is 25.6 Å². The van der Waals surface area contributed by atoms with Gasteiger partial charge >= 0.3 is 18.2 Å². The number of carbonyl (C=O) groups is 2. The molecule has 0 saturated carbocycles. The highest BCUT2D eigenvalue weighted by Crippen LogP contribution is 2.22. The second-order valence-corrected chi connectivity index (χ2v) is 10.9. The average Bonchev–Trinajstić information content (AvgIpc) is 2.95. The summed E-state index contributed by atoms with van der Waals surface area (Å²) in [6.07, 6.45) is -4.26. The summed E-state index contributed by atoms with van der Waals surface area (Å²) < 4.78 is 31.7. The normalized spacial score (nSPS) is 11.2. The maximum Gasteiger partial charge on any atom is 0.490 e. The van der Waals surface area contributed by atoms with Crippen LogP contribution in [-0.4, -0.2) is 73.4 Å². The molecule has 0 radical (unpaired) electrons. The van der Waals surface area contributed by atoms with Crippen molar-refractivity contribution in [3.63, 3.8) is 0 Å². The van der Waals surface area contributed by atoms with Crippen LogP contribution in [0.2, 0.25) is 0 Å². The number of halogens is 3. The number of nitrogens with zero attached hydrogens (tertiary/aromatic N) is 2. The molecule has 0 aliphatic carbocycles. The fraction of sp³-hybridized carbons (Fsp3) is 0.394. The van der Waals surface area contributed by atoms with Crippen molar-refractivity contribution in [3.8, 4) is 11.1 Å². The number of carboxylic acid groups (broad SMARTS) is 1. The van der Waals surface area contributed by atoms with Crippen molar-refractivity contribution < 1.29 is 27.9 Å². The van der Waals surface area contributed by atoms with Crippen LogP contribution >= 0.6 is 0 Å². The van der Waals surface area contributed by atoms with E-state index in [1.165, 1.54) is 22.3 Å². The summed E-state index contributed by atoms with van der Waals surface area (Å²) in [5.74, 6) is -2.12. The summed E-state index contributed by atoms with van der Waals surface area (Å²) in [5, 5.41) is 13.8. The zero-order chi connectivity index (χ0) is 31.8. The summed E-state index contributed by atoms with van der Waals surface area (Å²) in [4.78, 5) is 26.0. The van der Waals surface area contributed by atoms with E-state index in [1.807, 2.05) is 37.2 Å². The summed E-state index contributed by atoms with van der Waals surface area (Å²) in [5.41, 5.74) is 6.02. The zero-order valence-corrected chi connectivity index (χ0v) is 25.3. The minimum atomic E-state index is -5.08. The lowest BCUT2D eigenvalue weighted by Crippen LogP contribution is -2.43. The number of urea groups is 1. The molecule has 0 spiro atoms. The van der Waals surface area contributed by atoms with Crippen molar-refractivity contribution >= 4 is 12.0 Å². The minimum Gasteiger partial charge on any atom is -0.475 e. The number of benzene rings is 3. The molecule has 3 N–H and O–H groups in total. The molecule has 0 aromatic heterocycles. The maximum atomic E-state index is 13.1. The third-order valence-corrected chi connectivity index (χ3v) is 6.32. The summed E-state index contributed by atoms with van der Waals surface area (Å²) in [6.45, 7) is 9.01. The molecule has 0 heterocycles. The van der Waals surface area contributed by atoms with Gasteiger partial charge in [0, 0.05) is 32.7 Å². The molecule has 234 valence electrons. The van der Waals surface area contributed by atoms with Gasteiger partial charge in [-0.3, -0.25) is 0 Å². The Bertz CT molecular complexity index is 1270. The third-order valence-electron chi connectivity index (χ3n) is 6.32. The van der Waals surface area contributed by atoms with E-state index < -0.39 is 12.1 Å². The molecule has 3 aromatic carbocycles. The number of carboxylic acids is 1. The molecule has 0 unspecified atom stereocenters. The number of nitrogens with one attached hydrogen (secondary N) is 2. The van der Waals surface area contributed by atoms with Gasteiger partial charge in [-0.1, -0.05) is 80.6 Å². The van der Waals surface area contributed by atoms with E-state index in [9.17, 15) is 18.0 Å². The van der Waals surface area contributed by atoms with Gasteiger partial charge in [0.15, 0.2) is 0 Å². The van der Waals surface area contributed by atoms with Crippen molar-refractivity contribution in [3.05, 3.63) is 95.6 Å². The average molecular weight is 601 g/mol. The highest BCUT2D eigenvalue weighted by Gasteiger charge is 2.38. The maximum absolute atomic E-state index is 13.1. The molecule has 10 heteroatoms. The van der Waals surface area contributed by atoms with Gasteiger partial charge < -0.3 is 25.5 Å². The van der Waals surface area contributed by atoms with Crippen molar-refractivity contribution in [2.24, 2.45) is 5.92 Å². The van der Waals surface area contributed by atoms with Gasteiger partial charge in [0.25, 0.3) is 0 Å². The van der Waals surface area contributed by atoms with Gasteiger partial charge in [-0.05, 0) is 72.9 Å². The molecule has 43 heavy (non-hydrogen) atoms. The van der Waals surface area contributed by atoms with Gasteiger partial charge in [-0.25, -0.2) is 9.59 Å². The van der Waals surface area contributed by atoms with Crippen LogP contribution in [0, 0.1) is 5.92 Å². The fourth-order valence-electron chi connectivity index (χ4n) is 4.08. The molecule has 2 amide bonds. The Morgan fingerprint density at radius 3 is 1.95 bits per heavy atom. The molecule has 0 aliphatic heterocycles. The topological polar surface area (TPSA) is 84.9 Å². The first-order chi connectivity index (χ1) is 20.3. The first kappa shape index (κ1) is 35.3. The van der Waals surface area contributed by atoms with Crippen molar-refractivity contribution in [1.82, 2.24) is 20.4 Å². The number of aliphatic carboxylic acids is 1.